The molecule has 7 nitrogen and oxygen atoms in total. The molecule has 0 spiro atoms. The minimum atomic E-state index is -3.85. The first-order valence-electron chi connectivity index (χ1n) is 6.83. The van der Waals surface area contributed by atoms with Crippen molar-refractivity contribution >= 4 is 16.2 Å². The van der Waals surface area contributed by atoms with Gasteiger partial charge in [-0.25, -0.2) is 0 Å². The van der Waals surface area contributed by atoms with Gasteiger partial charge >= 0.3 is 5.97 Å². The van der Waals surface area contributed by atoms with Crippen LogP contribution in [0.5, 0.6) is 0 Å². The maximum atomic E-state index is 12.4. The van der Waals surface area contributed by atoms with Crippen LogP contribution in [0, 0.1) is 0 Å². The summed E-state index contributed by atoms with van der Waals surface area (Å²) in [5.41, 5.74) is 0.727. The van der Waals surface area contributed by atoms with Gasteiger partial charge in [0.25, 0.3) is 10.2 Å². The van der Waals surface area contributed by atoms with E-state index in [1.54, 1.807) is 31.5 Å². The van der Waals surface area contributed by atoms with Crippen molar-refractivity contribution < 1.29 is 18.3 Å². The quantitative estimate of drug-likeness (QED) is 0.842. The average molecular weight is 313 g/mol. The molecule has 0 aromatic carbocycles. The number of aliphatic carboxylic acids is 1. The van der Waals surface area contributed by atoms with E-state index in [0.717, 1.165) is 16.3 Å². The largest absolute Gasteiger partial charge is 0.480 e. The molecular formula is C13H19N3O4S. The lowest BCUT2D eigenvalue weighted by Gasteiger charge is -2.32. The number of aromatic nitrogens is 1. The van der Waals surface area contributed by atoms with Gasteiger partial charge in [-0.2, -0.15) is 17.4 Å². The minimum Gasteiger partial charge on any atom is -0.480 e. The zero-order valence-corrected chi connectivity index (χ0v) is 12.6. The fourth-order valence-electron chi connectivity index (χ4n) is 2.43. The lowest BCUT2D eigenvalue weighted by atomic mass is 10.1. The molecule has 1 aliphatic heterocycles. The Morgan fingerprint density at radius 1 is 1.52 bits per heavy atom. The molecule has 116 valence electrons. The fourth-order valence-corrected chi connectivity index (χ4v) is 4.05. The number of hydrogen-bond acceptors (Lipinski definition) is 4. The van der Waals surface area contributed by atoms with Crippen LogP contribution in [0.2, 0.25) is 0 Å². The number of rotatable bonds is 5. The molecule has 0 aliphatic carbocycles. The van der Waals surface area contributed by atoms with E-state index in [4.69, 9.17) is 0 Å². The second-order valence-corrected chi connectivity index (χ2v) is 6.75. The number of pyridine rings is 1. The van der Waals surface area contributed by atoms with E-state index in [0.29, 0.717) is 12.8 Å². The Balaban J connectivity index is 2.15. The minimum absolute atomic E-state index is 0.228. The van der Waals surface area contributed by atoms with Crippen molar-refractivity contribution in [3.63, 3.8) is 0 Å². The van der Waals surface area contributed by atoms with Gasteiger partial charge in [0.1, 0.15) is 6.04 Å². The Kier molecular flexibility index (Phi) is 4.92. The molecule has 2 heterocycles. The molecule has 8 heteroatoms. The molecule has 1 unspecified atom stereocenters. The summed E-state index contributed by atoms with van der Waals surface area (Å²) < 4.78 is 28.4. The van der Waals surface area contributed by atoms with Crippen LogP contribution in [-0.2, 0) is 15.0 Å². The van der Waals surface area contributed by atoms with E-state index in [-0.39, 0.29) is 6.54 Å². The molecule has 0 saturated carbocycles. The van der Waals surface area contributed by atoms with Crippen molar-refractivity contribution in [2.45, 2.75) is 38.3 Å². The third-order valence-corrected chi connectivity index (χ3v) is 5.26. The summed E-state index contributed by atoms with van der Waals surface area (Å²) in [6.45, 7) is 1.93. The zero-order chi connectivity index (χ0) is 15.5. The van der Waals surface area contributed by atoms with Gasteiger partial charge in [0, 0.05) is 25.0 Å². The highest BCUT2D eigenvalue weighted by Crippen LogP contribution is 2.22. The van der Waals surface area contributed by atoms with E-state index in [1.165, 1.54) is 0 Å². The van der Waals surface area contributed by atoms with Crippen LogP contribution < -0.4 is 4.72 Å². The van der Waals surface area contributed by atoms with Crippen LogP contribution in [0.3, 0.4) is 0 Å². The van der Waals surface area contributed by atoms with Crippen molar-refractivity contribution in [1.82, 2.24) is 14.0 Å². The van der Waals surface area contributed by atoms with Crippen molar-refractivity contribution in [3.8, 4) is 0 Å². The number of nitrogens with zero attached hydrogens (tertiary/aromatic N) is 2. The van der Waals surface area contributed by atoms with Crippen LogP contribution >= 0.6 is 0 Å². The van der Waals surface area contributed by atoms with Gasteiger partial charge in [0.15, 0.2) is 0 Å². The highest BCUT2D eigenvalue weighted by Gasteiger charge is 2.37. The normalized spacial score (nSPS) is 21.9. The first-order chi connectivity index (χ1) is 9.92. The first-order valence-corrected chi connectivity index (χ1v) is 8.27. The van der Waals surface area contributed by atoms with E-state index >= 15 is 0 Å². The smallest absolute Gasteiger partial charge is 0.322 e. The Morgan fingerprint density at radius 2 is 2.29 bits per heavy atom. The third-order valence-electron chi connectivity index (χ3n) is 3.56. The Morgan fingerprint density at radius 3 is 2.90 bits per heavy atom. The molecule has 1 aromatic heterocycles. The van der Waals surface area contributed by atoms with E-state index in [1.807, 2.05) is 0 Å². The molecule has 21 heavy (non-hydrogen) atoms. The van der Waals surface area contributed by atoms with Crippen molar-refractivity contribution in [2.75, 3.05) is 6.54 Å². The zero-order valence-electron chi connectivity index (χ0n) is 11.8. The Labute approximate surface area is 124 Å². The van der Waals surface area contributed by atoms with Crippen LogP contribution in [0.1, 0.15) is 37.8 Å². The maximum absolute atomic E-state index is 12.4. The van der Waals surface area contributed by atoms with E-state index in [2.05, 4.69) is 9.71 Å². The van der Waals surface area contributed by atoms with Gasteiger partial charge in [-0.3, -0.25) is 9.78 Å². The molecule has 2 N–H and O–H groups in total. The highest BCUT2D eigenvalue weighted by atomic mass is 32.2. The molecule has 2 rings (SSSR count). The molecule has 1 fully saturated rings. The predicted octanol–water partition coefficient (Wildman–Crippen LogP) is 0.916. The van der Waals surface area contributed by atoms with Crippen molar-refractivity contribution in [1.29, 1.82) is 0 Å². The van der Waals surface area contributed by atoms with Crippen LogP contribution in [-0.4, -0.2) is 41.4 Å². The summed E-state index contributed by atoms with van der Waals surface area (Å²) in [5.74, 6) is -1.10. The van der Waals surface area contributed by atoms with Crippen LogP contribution in [0.15, 0.2) is 24.5 Å². The number of piperidine rings is 1. The van der Waals surface area contributed by atoms with Gasteiger partial charge in [-0.1, -0.05) is 6.07 Å². The first kappa shape index (κ1) is 15.9. The SMILES string of the molecule is C[C@@H](NS(=O)(=O)N1CCCCC1C(=O)O)c1cccnc1. The topological polar surface area (TPSA) is 99.6 Å². The van der Waals surface area contributed by atoms with Gasteiger partial charge in [-0.05, 0) is 37.8 Å². The van der Waals surface area contributed by atoms with Gasteiger partial charge < -0.3 is 5.11 Å². The number of carboxylic acid groups (broad SMARTS) is 1. The number of nitrogens with one attached hydrogen (secondary N) is 1. The molecule has 2 atom stereocenters. The summed E-state index contributed by atoms with van der Waals surface area (Å²) in [7, 11) is -3.85. The summed E-state index contributed by atoms with van der Waals surface area (Å²) in [6.07, 6.45) is 4.93. The number of carboxylic acids is 1. The number of hydrogen-bond donors (Lipinski definition) is 2. The van der Waals surface area contributed by atoms with Gasteiger partial charge in [0.2, 0.25) is 0 Å². The average Bonchev–Trinajstić information content (AvgIpc) is 2.47. The van der Waals surface area contributed by atoms with Crippen LogP contribution in [0.4, 0.5) is 0 Å². The molecule has 1 aromatic rings. The van der Waals surface area contributed by atoms with E-state index < -0.39 is 28.3 Å². The number of carbonyl (C=O) groups is 1. The molecule has 1 aliphatic rings. The summed E-state index contributed by atoms with van der Waals surface area (Å²) in [5, 5.41) is 9.18. The fraction of sp³-hybridized carbons (Fsp3) is 0.538. The maximum Gasteiger partial charge on any atom is 0.322 e. The van der Waals surface area contributed by atoms with E-state index in [9.17, 15) is 18.3 Å². The summed E-state index contributed by atoms with van der Waals surface area (Å²) >= 11 is 0. The third kappa shape index (κ3) is 3.78. The second kappa shape index (κ2) is 6.50. The standard InChI is InChI=1S/C13H19N3O4S/c1-10(11-5-4-7-14-9-11)15-21(19,20)16-8-3-2-6-12(16)13(17)18/h4-5,7,9-10,12,15H,2-3,6,8H2,1H3,(H,17,18)/t10-,12?/m1/s1. The lowest BCUT2D eigenvalue weighted by Crippen LogP contribution is -2.52. The second-order valence-electron chi connectivity index (χ2n) is 5.09. The highest BCUT2D eigenvalue weighted by molar-refractivity contribution is 7.87. The molecule has 0 amide bonds. The monoisotopic (exact) mass is 313 g/mol. The molecule has 0 bridgehead atoms. The molecular weight excluding hydrogens is 294 g/mol. The van der Waals surface area contributed by atoms with Crippen molar-refractivity contribution in [3.05, 3.63) is 30.1 Å². The Bertz CT molecular complexity index is 591. The lowest BCUT2D eigenvalue weighted by molar-refractivity contribution is -0.142. The van der Waals surface area contributed by atoms with Gasteiger partial charge in [-0.15, -0.1) is 0 Å². The van der Waals surface area contributed by atoms with Gasteiger partial charge in [0.05, 0.1) is 0 Å². The summed E-state index contributed by atoms with van der Waals surface area (Å²) in [6, 6.07) is 2.03. The molecule has 1 saturated heterocycles. The Hall–Kier alpha value is -1.51. The van der Waals surface area contributed by atoms with Crippen LogP contribution in [0.25, 0.3) is 0 Å². The summed E-state index contributed by atoms with van der Waals surface area (Å²) in [4.78, 5) is 15.2. The van der Waals surface area contributed by atoms with Crippen molar-refractivity contribution in [2.24, 2.45) is 0 Å². The molecule has 0 radical (unpaired) electrons. The predicted molar refractivity (Wildman–Crippen MR) is 76.7 cm³/mol.